The summed E-state index contributed by atoms with van der Waals surface area (Å²) in [5.74, 6) is 0.459. The molecule has 3 rings (SSSR count). The molecular weight excluding hydrogens is 222 g/mol. The normalized spacial score (nSPS) is 19.1. The third-order valence-corrected chi connectivity index (χ3v) is 3.82. The standard InChI is InChI=1S/C15H19N3/c1-2-7-18-10-12(9-17-18)15(16)14-8-11-5-3-4-6-13(11)14/h3-6,9-10,14-15H,2,7-8,16H2,1H3. The van der Waals surface area contributed by atoms with Crippen molar-refractivity contribution >= 4 is 0 Å². The predicted molar refractivity (Wildman–Crippen MR) is 72.3 cm³/mol. The maximum Gasteiger partial charge on any atom is 0.0537 e. The Bertz CT molecular complexity index is 544. The van der Waals surface area contributed by atoms with Crippen molar-refractivity contribution in [2.24, 2.45) is 5.73 Å². The van der Waals surface area contributed by atoms with Crippen LogP contribution in [0.15, 0.2) is 36.7 Å². The van der Waals surface area contributed by atoms with Crippen LogP contribution in [0.4, 0.5) is 0 Å². The molecule has 1 heterocycles. The molecule has 2 N–H and O–H groups in total. The smallest absolute Gasteiger partial charge is 0.0537 e. The second-order valence-electron chi connectivity index (χ2n) is 5.07. The van der Waals surface area contributed by atoms with Crippen molar-refractivity contribution in [1.29, 1.82) is 0 Å². The van der Waals surface area contributed by atoms with Crippen LogP contribution in [0.5, 0.6) is 0 Å². The molecule has 0 amide bonds. The first-order chi connectivity index (χ1) is 8.79. The molecule has 0 saturated heterocycles. The largest absolute Gasteiger partial charge is 0.323 e. The summed E-state index contributed by atoms with van der Waals surface area (Å²) in [6.45, 7) is 3.12. The van der Waals surface area contributed by atoms with Crippen LogP contribution in [0, 0.1) is 0 Å². The number of nitrogens with two attached hydrogens (primary N) is 1. The molecule has 94 valence electrons. The topological polar surface area (TPSA) is 43.8 Å². The van der Waals surface area contributed by atoms with Crippen LogP contribution in [0.3, 0.4) is 0 Å². The van der Waals surface area contributed by atoms with E-state index in [4.69, 9.17) is 5.73 Å². The molecule has 18 heavy (non-hydrogen) atoms. The van der Waals surface area contributed by atoms with Gasteiger partial charge in [0.15, 0.2) is 0 Å². The van der Waals surface area contributed by atoms with Crippen LogP contribution in [0.1, 0.15) is 42.0 Å². The van der Waals surface area contributed by atoms with Gasteiger partial charge in [-0.05, 0) is 24.0 Å². The van der Waals surface area contributed by atoms with Crippen LogP contribution >= 0.6 is 0 Å². The van der Waals surface area contributed by atoms with Crippen molar-refractivity contribution < 1.29 is 0 Å². The molecular formula is C15H19N3. The number of hydrogen-bond donors (Lipinski definition) is 1. The summed E-state index contributed by atoms with van der Waals surface area (Å²) < 4.78 is 1.99. The van der Waals surface area contributed by atoms with Gasteiger partial charge in [-0.1, -0.05) is 31.2 Å². The first kappa shape index (κ1) is 11.5. The van der Waals surface area contributed by atoms with Crippen molar-refractivity contribution in [3.05, 3.63) is 53.3 Å². The minimum atomic E-state index is 0.0745. The van der Waals surface area contributed by atoms with Gasteiger partial charge in [0.05, 0.1) is 6.20 Å². The van der Waals surface area contributed by atoms with Crippen molar-refractivity contribution in [3.63, 3.8) is 0 Å². The van der Waals surface area contributed by atoms with E-state index in [0.717, 1.165) is 24.9 Å². The van der Waals surface area contributed by atoms with Crippen LogP contribution in [-0.4, -0.2) is 9.78 Å². The van der Waals surface area contributed by atoms with Crippen LogP contribution in [0.25, 0.3) is 0 Å². The highest BCUT2D eigenvalue weighted by Crippen LogP contribution is 2.41. The van der Waals surface area contributed by atoms with Gasteiger partial charge in [-0.3, -0.25) is 4.68 Å². The lowest BCUT2D eigenvalue weighted by atomic mass is 9.72. The molecule has 1 aliphatic rings. The van der Waals surface area contributed by atoms with Crippen LogP contribution in [0.2, 0.25) is 0 Å². The first-order valence-electron chi connectivity index (χ1n) is 6.65. The Kier molecular flexibility index (Phi) is 2.92. The van der Waals surface area contributed by atoms with Gasteiger partial charge >= 0.3 is 0 Å². The Balaban J connectivity index is 1.78. The van der Waals surface area contributed by atoms with Gasteiger partial charge in [0.25, 0.3) is 0 Å². The lowest BCUT2D eigenvalue weighted by Gasteiger charge is -2.34. The van der Waals surface area contributed by atoms with Gasteiger partial charge in [0.1, 0.15) is 0 Å². The fraction of sp³-hybridized carbons (Fsp3) is 0.400. The highest BCUT2D eigenvalue weighted by molar-refractivity contribution is 5.42. The highest BCUT2D eigenvalue weighted by Gasteiger charge is 2.31. The average molecular weight is 241 g/mol. The fourth-order valence-corrected chi connectivity index (χ4v) is 2.75. The zero-order valence-electron chi connectivity index (χ0n) is 10.7. The summed E-state index contributed by atoms with van der Waals surface area (Å²) in [6, 6.07) is 8.65. The van der Waals surface area contributed by atoms with Gasteiger partial charge in [-0.15, -0.1) is 0 Å². The van der Waals surface area contributed by atoms with E-state index in [1.54, 1.807) is 0 Å². The molecule has 0 bridgehead atoms. The third kappa shape index (κ3) is 1.85. The molecule has 0 radical (unpaired) electrons. The number of rotatable bonds is 4. The monoisotopic (exact) mass is 241 g/mol. The Morgan fingerprint density at radius 1 is 1.44 bits per heavy atom. The quantitative estimate of drug-likeness (QED) is 0.894. The number of benzene rings is 1. The SMILES string of the molecule is CCCn1cc(C(N)C2Cc3ccccc32)cn1. The molecule has 3 heteroatoms. The number of fused-ring (bicyclic) bond motifs is 1. The van der Waals surface area contributed by atoms with Gasteiger partial charge in [0, 0.05) is 30.3 Å². The van der Waals surface area contributed by atoms with E-state index in [1.807, 2.05) is 10.9 Å². The summed E-state index contributed by atoms with van der Waals surface area (Å²) in [7, 11) is 0. The maximum absolute atomic E-state index is 6.37. The van der Waals surface area contributed by atoms with Crippen molar-refractivity contribution in [3.8, 4) is 0 Å². The lowest BCUT2D eigenvalue weighted by molar-refractivity contribution is 0.499. The molecule has 1 aromatic carbocycles. The molecule has 2 atom stereocenters. The van der Waals surface area contributed by atoms with E-state index in [9.17, 15) is 0 Å². The van der Waals surface area contributed by atoms with Crippen LogP contribution in [-0.2, 0) is 13.0 Å². The van der Waals surface area contributed by atoms with Gasteiger partial charge in [0.2, 0.25) is 0 Å². The molecule has 2 unspecified atom stereocenters. The molecule has 1 aliphatic carbocycles. The predicted octanol–water partition coefficient (Wildman–Crippen LogP) is 2.63. The Morgan fingerprint density at radius 2 is 2.28 bits per heavy atom. The van der Waals surface area contributed by atoms with Crippen molar-refractivity contribution in [2.75, 3.05) is 0 Å². The molecule has 2 aromatic rings. The number of aromatic nitrogens is 2. The average Bonchev–Trinajstić information content (AvgIpc) is 2.80. The minimum Gasteiger partial charge on any atom is -0.323 e. The number of aryl methyl sites for hydroxylation is 1. The molecule has 0 fully saturated rings. The van der Waals surface area contributed by atoms with Crippen molar-refractivity contribution in [1.82, 2.24) is 9.78 Å². The van der Waals surface area contributed by atoms with E-state index in [0.29, 0.717) is 5.92 Å². The zero-order chi connectivity index (χ0) is 12.5. The van der Waals surface area contributed by atoms with E-state index >= 15 is 0 Å². The maximum atomic E-state index is 6.37. The van der Waals surface area contributed by atoms with Gasteiger partial charge in [-0.25, -0.2) is 0 Å². The lowest BCUT2D eigenvalue weighted by Crippen LogP contribution is -2.28. The first-order valence-corrected chi connectivity index (χ1v) is 6.65. The Hall–Kier alpha value is -1.61. The second kappa shape index (κ2) is 4.58. The fourth-order valence-electron chi connectivity index (χ4n) is 2.75. The summed E-state index contributed by atoms with van der Waals surface area (Å²) in [6.07, 6.45) is 6.20. The van der Waals surface area contributed by atoms with Crippen molar-refractivity contribution in [2.45, 2.75) is 38.3 Å². The molecule has 1 aromatic heterocycles. The summed E-state index contributed by atoms with van der Waals surface area (Å²) >= 11 is 0. The third-order valence-electron chi connectivity index (χ3n) is 3.82. The highest BCUT2D eigenvalue weighted by atomic mass is 15.3. The van der Waals surface area contributed by atoms with E-state index in [2.05, 4.69) is 42.5 Å². The zero-order valence-corrected chi connectivity index (χ0v) is 10.7. The summed E-state index contributed by atoms with van der Waals surface area (Å²) in [5, 5.41) is 4.36. The Morgan fingerprint density at radius 3 is 3.06 bits per heavy atom. The molecule has 3 nitrogen and oxygen atoms in total. The van der Waals surface area contributed by atoms with E-state index in [1.165, 1.54) is 11.1 Å². The van der Waals surface area contributed by atoms with Crippen LogP contribution < -0.4 is 5.73 Å². The number of nitrogens with zero attached hydrogens (tertiary/aromatic N) is 2. The summed E-state index contributed by atoms with van der Waals surface area (Å²) in [5.41, 5.74) is 10.4. The van der Waals surface area contributed by atoms with E-state index < -0.39 is 0 Å². The molecule has 0 aliphatic heterocycles. The molecule has 0 saturated carbocycles. The minimum absolute atomic E-state index is 0.0745. The van der Waals surface area contributed by atoms with Gasteiger partial charge in [-0.2, -0.15) is 5.10 Å². The Labute approximate surface area is 108 Å². The second-order valence-corrected chi connectivity index (χ2v) is 5.07. The van der Waals surface area contributed by atoms with E-state index in [-0.39, 0.29) is 6.04 Å². The number of hydrogen-bond acceptors (Lipinski definition) is 2. The summed E-state index contributed by atoms with van der Waals surface area (Å²) in [4.78, 5) is 0. The van der Waals surface area contributed by atoms with Gasteiger partial charge < -0.3 is 5.73 Å². The molecule has 0 spiro atoms.